The molecule has 7 heteroatoms. The van der Waals surface area contributed by atoms with E-state index in [1.807, 2.05) is 30.3 Å². The third-order valence-corrected chi connectivity index (χ3v) is 4.60. The van der Waals surface area contributed by atoms with Crippen LogP contribution in [0, 0.1) is 0 Å². The maximum atomic E-state index is 12.2. The summed E-state index contributed by atoms with van der Waals surface area (Å²) in [4.78, 5) is 16.7. The summed E-state index contributed by atoms with van der Waals surface area (Å²) in [5.41, 5.74) is 1.66. The fraction of sp³-hybridized carbons (Fsp3) is 0.222. The Morgan fingerprint density at radius 2 is 1.72 bits per heavy atom. The highest BCUT2D eigenvalue weighted by Gasteiger charge is 2.12. The van der Waals surface area contributed by atoms with Gasteiger partial charge in [0.25, 0.3) is 0 Å². The molecule has 0 unspecified atom stereocenters. The highest BCUT2D eigenvalue weighted by Crippen LogP contribution is 2.36. The zero-order chi connectivity index (χ0) is 17.8. The van der Waals surface area contributed by atoms with Gasteiger partial charge in [-0.2, -0.15) is 0 Å². The summed E-state index contributed by atoms with van der Waals surface area (Å²) in [7, 11) is 4.77. The van der Waals surface area contributed by atoms with Gasteiger partial charge in [-0.15, -0.1) is 0 Å². The molecule has 1 amide bonds. The van der Waals surface area contributed by atoms with E-state index in [9.17, 15) is 4.79 Å². The van der Waals surface area contributed by atoms with Crippen molar-refractivity contribution >= 4 is 32.6 Å². The van der Waals surface area contributed by atoms with Crippen molar-refractivity contribution in [2.24, 2.45) is 0 Å². The maximum absolute atomic E-state index is 12.2. The molecule has 2 aromatic carbocycles. The first-order valence-corrected chi connectivity index (χ1v) is 8.40. The van der Waals surface area contributed by atoms with Gasteiger partial charge < -0.3 is 19.5 Å². The van der Waals surface area contributed by atoms with E-state index in [1.165, 1.54) is 11.3 Å². The first kappa shape index (κ1) is 17.0. The van der Waals surface area contributed by atoms with Crippen LogP contribution in [-0.4, -0.2) is 32.2 Å². The molecule has 0 aliphatic carbocycles. The second kappa shape index (κ2) is 7.40. The van der Waals surface area contributed by atoms with Crippen LogP contribution < -0.4 is 19.5 Å². The maximum Gasteiger partial charge on any atom is 0.230 e. The predicted octanol–water partition coefficient (Wildman–Crippen LogP) is 3.50. The van der Waals surface area contributed by atoms with E-state index in [0.717, 1.165) is 21.5 Å². The van der Waals surface area contributed by atoms with Crippen LogP contribution in [0.1, 0.15) is 5.56 Å². The first-order chi connectivity index (χ1) is 12.1. The molecule has 0 atom stereocenters. The summed E-state index contributed by atoms with van der Waals surface area (Å²) in [5, 5.41) is 3.38. The molecule has 6 nitrogen and oxygen atoms in total. The molecule has 0 bridgehead atoms. The molecular weight excluding hydrogens is 340 g/mol. The zero-order valence-electron chi connectivity index (χ0n) is 14.2. The largest absolute Gasteiger partial charge is 0.497 e. The molecule has 0 spiro atoms. The summed E-state index contributed by atoms with van der Waals surface area (Å²) in [6.07, 6.45) is 0.270. The highest BCUT2D eigenvalue weighted by atomic mass is 32.1. The molecular formula is C18H18N2O4S. The Hall–Kier alpha value is -2.80. The number of anilines is 1. The van der Waals surface area contributed by atoms with E-state index in [1.54, 1.807) is 27.4 Å². The number of amides is 1. The number of carbonyl (C=O) groups excluding carboxylic acids is 1. The van der Waals surface area contributed by atoms with E-state index in [0.29, 0.717) is 16.6 Å². The van der Waals surface area contributed by atoms with Gasteiger partial charge in [0, 0.05) is 12.1 Å². The third kappa shape index (κ3) is 3.83. The van der Waals surface area contributed by atoms with E-state index in [2.05, 4.69) is 10.3 Å². The molecule has 0 aliphatic heterocycles. The van der Waals surface area contributed by atoms with Crippen LogP contribution in [0.5, 0.6) is 17.2 Å². The Morgan fingerprint density at radius 1 is 1.04 bits per heavy atom. The fourth-order valence-electron chi connectivity index (χ4n) is 2.40. The van der Waals surface area contributed by atoms with Crippen LogP contribution in [0.3, 0.4) is 0 Å². The lowest BCUT2D eigenvalue weighted by molar-refractivity contribution is -0.115. The topological polar surface area (TPSA) is 69.7 Å². The summed E-state index contributed by atoms with van der Waals surface area (Å²) in [6.45, 7) is 0. The van der Waals surface area contributed by atoms with Crippen LogP contribution in [0.2, 0.25) is 0 Å². The van der Waals surface area contributed by atoms with Crippen molar-refractivity contribution < 1.29 is 19.0 Å². The monoisotopic (exact) mass is 358 g/mol. The van der Waals surface area contributed by atoms with Gasteiger partial charge in [0.1, 0.15) is 5.75 Å². The van der Waals surface area contributed by atoms with Crippen LogP contribution in [-0.2, 0) is 11.2 Å². The van der Waals surface area contributed by atoms with Crippen LogP contribution in [0.4, 0.5) is 5.13 Å². The van der Waals surface area contributed by atoms with Crippen molar-refractivity contribution in [3.63, 3.8) is 0 Å². The Kier molecular flexibility index (Phi) is 5.04. The van der Waals surface area contributed by atoms with Crippen LogP contribution in [0.15, 0.2) is 36.4 Å². The number of nitrogens with zero attached hydrogens (tertiary/aromatic N) is 1. The number of hydrogen-bond donors (Lipinski definition) is 1. The lowest BCUT2D eigenvalue weighted by atomic mass is 10.1. The van der Waals surface area contributed by atoms with Gasteiger partial charge in [0.2, 0.25) is 5.91 Å². The SMILES string of the molecule is COc1ccc(CC(=O)Nc2nc3cc(OC)c(OC)cc3s2)cc1. The minimum absolute atomic E-state index is 0.122. The van der Waals surface area contributed by atoms with Gasteiger partial charge in [-0.25, -0.2) is 4.98 Å². The normalized spacial score (nSPS) is 10.5. The second-order valence-electron chi connectivity index (χ2n) is 5.27. The molecule has 1 aromatic heterocycles. The Labute approximate surface area is 149 Å². The van der Waals surface area contributed by atoms with E-state index in [-0.39, 0.29) is 12.3 Å². The summed E-state index contributed by atoms with van der Waals surface area (Å²) in [6, 6.07) is 11.0. The average Bonchev–Trinajstić information content (AvgIpc) is 3.01. The Balaban J connectivity index is 1.74. The fourth-order valence-corrected chi connectivity index (χ4v) is 3.29. The van der Waals surface area contributed by atoms with Crippen LogP contribution in [0.25, 0.3) is 10.2 Å². The molecule has 1 N–H and O–H groups in total. The summed E-state index contributed by atoms with van der Waals surface area (Å²) in [5.74, 6) is 1.88. The van der Waals surface area contributed by atoms with Crippen molar-refractivity contribution in [3.05, 3.63) is 42.0 Å². The number of fused-ring (bicyclic) bond motifs is 1. The molecule has 0 aliphatic rings. The minimum Gasteiger partial charge on any atom is -0.497 e. The number of benzene rings is 2. The lowest BCUT2D eigenvalue weighted by Gasteiger charge is -2.05. The van der Waals surface area contributed by atoms with Crippen molar-refractivity contribution in [1.29, 1.82) is 0 Å². The molecule has 0 saturated carbocycles. The molecule has 0 fully saturated rings. The van der Waals surface area contributed by atoms with Gasteiger partial charge >= 0.3 is 0 Å². The summed E-state index contributed by atoms with van der Waals surface area (Å²) >= 11 is 1.39. The zero-order valence-corrected chi connectivity index (χ0v) is 15.0. The standard InChI is InChI=1S/C18H18N2O4S/c1-22-12-6-4-11(5-7-12)8-17(21)20-18-19-13-9-14(23-2)15(24-3)10-16(13)25-18/h4-7,9-10H,8H2,1-3H3,(H,19,20,21). The number of rotatable bonds is 6. The van der Waals surface area contributed by atoms with Crippen molar-refractivity contribution in [2.75, 3.05) is 26.6 Å². The van der Waals surface area contributed by atoms with Gasteiger partial charge in [-0.1, -0.05) is 23.5 Å². The quantitative estimate of drug-likeness (QED) is 0.730. The Morgan fingerprint density at radius 3 is 2.36 bits per heavy atom. The average molecular weight is 358 g/mol. The minimum atomic E-state index is -0.122. The first-order valence-electron chi connectivity index (χ1n) is 7.58. The number of nitrogens with one attached hydrogen (secondary N) is 1. The van der Waals surface area contributed by atoms with Gasteiger partial charge in [-0.3, -0.25) is 4.79 Å². The molecule has 130 valence electrons. The predicted molar refractivity (Wildman–Crippen MR) is 98.1 cm³/mol. The molecule has 3 rings (SSSR count). The second-order valence-corrected chi connectivity index (χ2v) is 6.30. The third-order valence-electron chi connectivity index (χ3n) is 3.66. The number of hydrogen-bond acceptors (Lipinski definition) is 6. The number of methoxy groups -OCH3 is 3. The molecule has 1 heterocycles. The van der Waals surface area contributed by atoms with Crippen molar-refractivity contribution in [1.82, 2.24) is 4.98 Å². The van der Waals surface area contributed by atoms with Gasteiger partial charge in [0.15, 0.2) is 16.6 Å². The van der Waals surface area contributed by atoms with E-state index >= 15 is 0 Å². The Bertz CT molecular complexity index is 849. The van der Waals surface area contributed by atoms with Crippen LogP contribution >= 0.6 is 11.3 Å². The summed E-state index contributed by atoms with van der Waals surface area (Å²) < 4.78 is 16.6. The van der Waals surface area contributed by atoms with Crippen molar-refractivity contribution in [2.45, 2.75) is 6.42 Å². The number of thiazole rings is 1. The van der Waals surface area contributed by atoms with Gasteiger partial charge in [0.05, 0.1) is 38.0 Å². The number of ether oxygens (including phenoxy) is 3. The number of carbonyl (C=O) groups is 1. The highest BCUT2D eigenvalue weighted by molar-refractivity contribution is 7.22. The molecule has 0 saturated heterocycles. The lowest BCUT2D eigenvalue weighted by Crippen LogP contribution is -2.14. The smallest absolute Gasteiger partial charge is 0.230 e. The van der Waals surface area contributed by atoms with E-state index < -0.39 is 0 Å². The molecule has 0 radical (unpaired) electrons. The number of aromatic nitrogens is 1. The molecule has 25 heavy (non-hydrogen) atoms. The van der Waals surface area contributed by atoms with E-state index in [4.69, 9.17) is 14.2 Å². The van der Waals surface area contributed by atoms with Gasteiger partial charge in [-0.05, 0) is 17.7 Å². The molecule has 3 aromatic rings. The van der Waals surface area contributed by atoms with Crippen molar-refractivity contribution in [3.8, 4) is 17.2 Å².